The molecule has 116 valence electrons. The summed E-state index contributed by atoms with van der Waals surface area (Å²) < 4.78 is 11.2. The van der Waals surface area contributed by atoms with E-state index in [0.717, 1.165) is 43.5 Å². The van der Waals surface area contributed by atoms with Crippen molar-refractivity contribution in [1.29, 1.82) is 0 Å². The zero-order valence-corrected chi connectivity index (χ0v) is 13.5. The summed E-state index contributed by atoms with van der Waals surface area (Å²) in [5.74, 6) is 3.63. The molecule has 0 aromatic carbocycles. The van der Waals surface area contributed by atoms with Crippen LogP contribution in [0.25, 0.3) is 0 Å². The molecule has 21 heavy (non-hydrogen) atoms. The molecule has 4 nitrogen and oxygen atoms in total. The number of nitrogens with one attached hydrogen (secondary N) is 1. The van der Waals surface area contributed by atoms with Gasteiger partial charge in [0.2, 0.25) is 0 Å². The lowest BCUT2D eigenvalue weighted by atomic mass is 10.2. The quantitative estimate of drug-likeness (QED) is 0.807. The summed E-state index contributed by atoms with van der Waals surface area (Å²) in [5.41, 5.74) is 1.23. The van der Waals surface area contributed by atoms with E-state index in [0.29, 0.717) is 5.92 Å². The van der Waals surface area contributed by atoms with Gasteiger partial charge >= 0.3 is 0 Å². The highest BCUT2D eigenvalue weighted by atomic mass is 16.3. The molecule has 0 saturated heterocycles. The molecule has 0 fully saturated rings. The molecule has 2 rings (SSSR count). The van der Waals surface area contributed by atoms with Gasteiger partial charge in [0.15, 0.2) is 0 Å². The first-order valence-corrected chi connectivity index (χ1v) is 7.54. The third-order valence-electron chi connectivity index (χ3n) is 3.34. The maximum Gasteiger partial charge on any atom is 0.122 e. The van der Waals surface area contributed by atoms with Crippen LogP contribution in [0.3, 0.4) is 0 Å². The summed E-state index contributed by atoms with van der Waals surface area (Å²) in [6.45, 7) is 9.82. The number of nitrogens with zero attached hydrogens (tertiary/aromatic N) is 1. The van der Waals surface area contributed by atoms with E-state index in [2.05, 4.69) is 37.2 Å². The summed E-state index contributed by atoms with van der Waals surface area (Å²) >= 11 is 0. The standard InChI is InChI=1S/C17H26N2O2/c1-13(2)9-18-10-17-15(7-8-20-17)11-19(4)12-16-6-5-14(3)21-16/h5-8,13,18H,9-12H2,1-4H3. The van der Waals surface area contributed by atoms with Gasteiger partial charge in [0.1, 0.15) is 17.3 Å². The largest absolute Gasteiger partial charge is 0.468 e. The fourth-order valence-corrected chi connectivity index (χ4v) is 2.32. The smallest absolute Gasteiger partial charge is 0.122 e. The average molecular weight is 290 g/mol. The van der Waals surface area contributed by atoms with E-state index in [4.69, 9.17) is 8.83 Å². The Morgan fingerprint density at radius 2 is 2.00 bits per heavy atom. The molecule has 0 unspecified atom stereocenters. The summed E-state index contributed by atoms with van der Waals surface area (Å²) in [5, 5.41) is 3.42. The van der Waals surface area contributed by atoms with Gasteiger partial charge in [0.05, 0.1) is 19.4 Å². The van der Waals surface area contributed by atoms with Crippen molar-refractivity contribution in [2.75, 3.05) is 13.6 Å². The lowest BCUT2D eigenvalue weighted by molar-refractivity contribution is 0.282. The van der Waals surface area contributed by atoms with Gasteiger partial charge in [-0.15, -0.1) is 0 Å². The van der Waals surface area contributed by atoms with Crippen LogP contribution in [-0.2, 0) is 19.6 Å². The van der Waals surface area contributed by atoms with E-state index < -0.39 is 0 Å². The molecule has 2 aromatic heterocycles. The average Bonchev–Trinajstić information content (AvgIpc) is 2.99. The third-order valence-corrected chi connectivity index (χ3v) is 3.34. The van der Waals surface area contributed by atoms with Gasteiger partial charge in [0.25, 0.3) is 0 Å². The van der Waals surface area contributed by atoms with Crippen molar-refractivity contribution in [3.05, 3.63) is 47.3 Å². The van der Waals surface area contributed by atoms with Crippen LogP contribution in [0.4, 0.5) is 0 Å². The molecule has 0 saturated carbocycles. The molecular weight excluding hydrogens is 264 g/mol. The third kappa shape index (κ3) is 5.06. The minimum atomic E-state index is 0.647. The van der Waals surface area contributed by atoms with E-state index in [-0.39, 0.29) is 0 Å². The molecule has 0 atom stereocenters. The van der Waals surface area contributed by atoms with E-state index in [1.807, 2.05) is 19.1 Å². The molecule has 4 heteroatoms. The summed E-state index contributed by atoms with van der Waals surface area (Å²) in [7, 11) is 2.09. The van der Waals surface area contributed by atoms with E-state index in [1.54, 1.807) is 6.26 Å². The second-order valence-electron chi connectivity index (χ2n) is 6.08. The topological polar surface area (TPSA) is 41.6 Å². The van der Waals surface area contributed by atoms with Gasteiger partial charge in [-0.3, -0.25) is 4.90 Å². The first kappa shape index (κ1) is 15.9. The molecule has 0 spiro atoms. The Kier molecular flexibility index (Phi) is 5.65. The maximum atomic E-state index is 5.62. The van der Waals surface area contributed by atoms with Crippen molar-refractivity contribution in [1.82, 2.24) is 10.2 Å². The van der Waals surface area contributed by atoms with Crippen LogP contribution in [0.15, 0.2) is 33.3 Å². The SMILES string of the molecule is Cc1ccc(CN(C)Cc2ccoc2CNCC(C)C)o1. The number of hydrogen-bond donors (Lipinski definition) is 1. The van der Waals surface area contributed by atoms with Crippen molar-refractivity contribution in [2.45, 2.75) is 40.4 Å². The fourth-order valence-electron chi connectivity index (χ4n) is 2.32. The van der Waals surface area contributed by atoms with Crippen LogP contribution in [-0.4, -0.2) is 18.5 Å². The maximum absolute atomic E-state index is 5.62. The van der Waals surface area contributed by atoms with Crippen LogP contribution < -0.4 is 5.32 Å². The highest BCUT2D eigenvalue weighted by Gasteiger charge is 2.10. The number of aryl methyl sites for hydroxylation is 1. The number of furan rings is 2. The first-order valence-electron chi connectivity index (χ1n) is 7.54. The summed E-state index contributed by atoms with van der Waals surface area (Å²) in [4.78, 5) is 2.23. The molecule has 0 aliphatic rings. The summed E-state index contributed by atoms with van der Waals surface area (Å²) in [6, 6.07) is 6.09. The fraction of sp³-hybridized carbons (Fsp3) is 0.529. The Balaban J connectivity index is 1.86. The van der Waals surface area contributed by atoms with Gasteiger partial charge in [-0.05, 0) is 44.6 Å². The van der Waals surface area contributed by atoms with Crippen molar-refractivity contribution in [3.63, 3.8) is 0 Å². The van der Waals surface area contributed by atoms with Gasteiger partial charge < -0.3 is 14.2 Å². The number of rotatable bonds is 8. The van der Waals surface area contributed by atoms with Gasteiger partial charge in [-0.2, -0.15) is 0 Å². The van der Waals surface area contributed by atoms with Crippen LogP contribution in [0.5, 0.6) is 0 Å². The lowest BCUT2D eigenvalue weighted by Crippen LogP contribution is -2.21. The van der Waals surface area contributed by atoms with Crippen molar-refractivity contribution in [2.24, 2.45) is 5.92 Å². The minimum Gasteiger partial charge on any atom is -0.468 e. The molecule has 2 heterocycles. The van der Waals surface area contributed by atoms with Crippen LogP contribution >= 0.6 is 0 Å². The number of hydrogen-bond acceptors (Lipinski definition) is 4. The van der Waals surface area contributed by atoms with Crippen molar-refractivity contribution >= 4 is 0 Å². The molecular formula is C17H26N2O2. The highest BCUT2D eigenvalue weighted by molar-refractivity contribution is 5.17. The Bertz CT molecular complexity index is 542. The molecule has 0 aliphatic heterocycles. The van der Waals surface area contributed by atoms with Crippen molar-refractivity contribution in [3.8, 4) is 0 Å². The van der Waals surface area contributed by atoms with Gasteiger partial charge in [0, 0.05) is 12.1 Å². The van der Waals surface area contributed by atoms with Gasteiger partial charge in [-0.25, -0.2) is 0 Å². The predicted octanol–water partition coefficient (Wildman–Crippen LogP) is 3.56. The zero-order chi connectivity index (χ0) is 15.2. The molecule has 2 aromatic rings. The molecule has 0 radical (unpaired) electrons. The highest BCUT2D eigenvalue weighted by Crippen LogP contribution is 2.15. The van der Waals surface area contributed by atoms with Gasteiger partial charge in [-0.1, -0.05) is 13.8 Å². The molecule has 0 amide bonds. The second kappa shape index (κ2) is 7.48. The minimum absolute atomic E-state index is 0.647. The Morgan fingerprint density at radius 1 is 1.19 bits per heavy atom. The van der Waals surface area contributed by atoms with Crippen LogP contribution in [0, 0.1) is 12.8 Å². The Labute approximate surface area is 127 Å². The zero-order valence-electron chi connectivity index (χ0n) is 13.5. The molecule has 1 N–H and O–H groups in total. The van der Waals surface area contributed by atoms with Crippen LogP contribution in [0.1, 0.15) is 36.7 Å². The molecule has 0 aliphatic carbocycles. The normalized spacial score (nSPS) is 11.7. The predicted molar refractivity (Wildman–Crippen MR) is 83.9 cm³/mol. The van der Waals surface area contributed by atoms with Crippen molar-refractivity contribution < 1.29 is 8.83 Å². The molecule has 0 bridgehead atoms. The van der Waals surface area contributed by atoms with E-state index >= 15 is 0 Å². The lowest BCUT2D eigenvalue weighted by Gasteiger charge is -2.15. The van der Waals surface area contributed by atoms with E-state index in [9.17, 15) is 0 Å². The Morgan fingerprint density at radius 3 is 2.67 bits per heavy atom. The second-order valence-corrected chi connectivity index (χ2v) is 6.08. The monoisotopic (exact) mass is 290 g/mol. The first-order chi connectivity index (χ1) is 10.0. The van der Waals surface area contributed by atoms with Crippen LogP contribution in [0.2, 0.25) is 0 Å². The summed E-state index contributed by atoms with van der Waals surface area (Å²) in [6.07, 6.45) is 1.77. The van der Waals surface area contributed by atoms with E-state index in [1.165, 1.54) is 5.56 Å². The Hall–Kier alpha value is -1.52.